The van der Waals surface area contributed by atoms with Gasteiger partial charge < -0.3 is 16.4 Å². The Morgan fingerprint density at radius 3 is 2.28 bits per heavy atom. The molecule has 2 aromatic carbocycles. The molecular formula is C23H17F4N7O2. The van der Waals surface area contributed by atoms with E-state index in [4.69, 9.17) is 5.73 Å². The molecule has 0 radical (unpaired) electrons. The summed E-state index contributed by atoms with van der Waals surface area (Å²) in [5.74, 6) is -2.86. The molecule has 0 unspecified atom stereocenters. The third-order valence-electron chi connectivity index (χ3n) is 5.02. The maximum absolute atomic E-state index is 13.0. The van der Waals surface area contributed by atoms with Gasteiger partial charge in [-0.15, -0.1) is 14.8 Å². The monoisotopic (exact) mass is 499 g/mol. The van der Waals surface area contributed by atoms with Gasteiger partial charge in [-0.3, -0.25) is 9.59 Å². The summed E-state index contributed by atoms with van der Waals surface area (Å²) in [7, 11) is 0. The van der Waals surface area contributed by atoms with Crippen molar-refractivity contribution in [2.75, 3.05) is 17.6 Å². The van der Waals surface area contributed by atoms with Gasteiger partial charge in [0.1, 0.15) is 24.1 Å². The van der Waals surface area contributed by atoms with Crippen LogP contribution in [0.1, 0.15) is 10.4 Å². The van der Waals surface area contributed by atoms with E-state index in [1.807, 2.05) is 5.32 Å². The fraction of sp³-hybridized carbons (Fsp3) is 0.0870. The van der Waals surface area contributed by atoms with Crippen molar-refractivity contribution in [2.24, 2.45) is 0 Å². The zero-order chi connectivity index (χ0) is 26.0. The van der Waals surface area contributed by atoms with Gasteiger partial charge >= 0.3 is 6.18 Å². The maximum Gasteiger partial charge on any atom is 0.405 e. The number of anilines is 2. The van der Waals surface area contributed by atoms with Gasteiger partial charge in [0.25, 0.3) is 11.8 Å². The molecule has 13 heteroatoms. The molecule has 0 aliphatic rings. The number of alkyl halides is 3. The van der Waals surface area contributed by atoms with Gasteiger partial charge in [-0.25, -0.2) is 9.37 Å². The lowest BCUT2D eigenvalue weighted by Gasteiger charge is -2.09. The molecule has 0 aliphatic heterocycles. The van der Waals surface area contributed by atoms with Crippen LogP contribution in [0.3, 0.4) is 0 Å². The number of nitrogens with zero attached hydrogens (tertiary/aromatic N) is 4. The number of rotatable bonds is 6. The van der Waals surface area contributed by atoms with Crippen LogP contribution in [-0.4, -0.2) is 44.3 Å². The van der Waals surface area contributed by atoms with E-state index in [-0.39, 0.29) is 11.4 Å². The molecule has 4 aromatic rings. The molecule has 2 heterocycles. The SMILES string of the molecule is C=C(F)C(=O)Nc1ccc(-c2nn3ncnc(N)c3c2-c2ccc(C(=O)NCC(F)(F)F)cc2)cc1. The van der Waals surface area contributed by atoms with Crippen molar-refractivity contribution in [1.82, 2.24) is 25.1 Å². The zero-order valence-electron chi connectivity index (χ0n) is 18.3. The summed E-state index contributed by atoms with van der Waals surface area (Å²) in [6.07, 6.45) is -3.31. The topological polar surface area (TPSA) is 127 Å². The van der Waals surface area contributed by atoms with Gasteiger partial charge in [0.2, 0.25) is 0 Å². The largest absolute Gasteiger partial charge is 0.405 e. The summed E-state index contributed by atoms with van der Waals surface area (Å²) in [6.45, 7) is 1.49. The first kappa shape index (κ1) is 24.3. The number of hydrogen-bond donors (Lipinski definition) is 3. The highest BCUT2D eigenvalue weighted by atomic mass is 19.4. The molecule has 9 nitrogen and oxygen atoms in total. The number of fused-ring (bicyclic) bond motifs is 1. The van der Waals surface area contributed by atoms with Crippen LogP contribution in [0, 0.1) is 0 Å². The molecule has 0 fully saturated rings. The van der Waals surface area contributed by atoms with Crippen molar-refractivity contribution in [1.29, 1.82) is 0 Å². The molecule has 4 N–H and O–H groups in total. The predicted octanol–water partition coefficient (Wildman–Crippen LogP) is 3.75. The third-order valence-corrected chi connectivity index (χ3v) is 5.02. The fourth-order valence-electron chi connectivity index (χ4n) is 3.38. The maximum atomic E-state index is 13.0. The molecular weight excluding hydrogens is 482 g/mol. The Balaban J connectivity index is 1.72. The Labute approximate surface area is 200 Å². The van der Waals surface area contributed by atoms with Crippen LogP contribution in [0.2, 0.25) is 0 Å². The minimum atomic E-state index is -4.53. The van der Waals surface area contributed by atoms with Crippen LogP contribution in [0.5, 0.6) is 0 Å². The van der Waals surface area contributed by atoms with Crippen LogP contribution in [-0.2, 0) is 4.79 Å². The standard InChI is InChI=1S/C23H17F4N7O2/c1-12(24)21(35)32-16-8-6-14(7-9-16)18-17(19-20(28)30-11-31-34(19)33-18)13-2-4-15(5-3-13)22(36)29-10-23(25,26)27/h2-9,11H,1,10H2,(H,29,36)(H,32,35)(H2,28,30,31). The highest BCUT2D eigenvalue weighted by molar-refractivity contribution is 6.02. The number of nitrogen functional groups attached to an aromatic ring is 1. The fourth-order valence-corrected chi connectivity index (χ4v) is 3.38. The minimum absolute atomic E-state index is 0.0276. The summed E-state index contributed by atoms with van der Waals surface area (Å²) >= 11 is 0. The van der Waals surface area contributed by atoms with Crippen LogP contribution in [0.15, 0.2) is 67.3 Å². The summed E-state index contributed by atoms with van der Waals surface area (Å²) in [6, 6.07) is 12.1. The van der Waals surface area contributed by atoms with Crippen LogP contribution < -0.4 is 16.4 Å². The molecule has 0 aliphatic carbocycles. The smallest absolute Gasteiger partial charge is 0.382 e. The molecule has 0 bridgehead atoms. The second kappa shape index (κ2) is 9.44. The number of carbonyl (C=O) groups is 2. The third kappa shape index (κ3) is 5.14. The molecule has 0 saturated heterocycles. The summed E-state index contributed by atoms with van der Waals surface area (Å²) in [5.41, 5.74) is 8.84. The van der Waals surface area contributed by atoms with E-state index < -0.39 is 30.4 Å². The van der Waals surface area contributed by atoms with Crippen LogP contribution in [0.25, 0.3) is 27.9 Å². The quantitative estimate of drug-likeness (QED) is 0.274. The van der Waals surface area contributed by atoms with Crippen molar-refractivity contribution in [3.8, 4) is 22.4 Å². The number of halogens is 4. The number of carbonyl (C=O) groups excluding carboxylic acids is 2. The van der Waals surface area contributed by atoms with E-state index in [2.05, 4.69) is 27.1 Å². The summed E-state index contributed by atoms with van der Waals surface area (Å²) in [5, 5.41) is 12.7. The second-order valence-corrected chi connectivity index (χ2v) is 7.52. The Morgan fingerprint density at radius 1 is 1.03 bits per heavy atom. The summed E-state index contributed by atoms with van der Waals surface area (Å²) in [4.78, 5) is 27.6. The molecule has 36 heavy (non-hydrogen) atoms. The number of benzene rings is 2. The highest BCUT2D eigenvalue weighted by Crippen LogP contribution is 2.37. The van der Waals surface area contributed by atoms with Crippen molar-refractivity contribution in [2.45, 2.75) is 6.18 Å². The lowest BCUT2D eigenvalue weighted by atomic mass is 9.98. The second-order valence-electron chi connectivity index (χ2n) is 7.52. The van der Waals surface area contributed by atoms with Gasteiger partial charge in [0, 0.05) is 22.4 Å². The first-order valence-electron chi connectivity index (χ1n) is 10.2. The number of amides is 2. The zero-order valence-corrected chi connectivity index (χ0v) is 18.3. The van der Waals surface area contributed by atoms with E-state index in [1.165, 1.54) is 47.4 Å². The predicted molar refractivity (Wildman–Crippen MR) is 123 cm³/mol. The average molecular weight is 499 g/mol. The summed E-state index contributed by atoms with van der Waals surface area (Å²) < 4.78 is 51.5. The first-order valence-corrected chi connectivity index (χ1v) is 10.2. The first-order chi connectivity index (χ1) is 17.0. The van der Waals surface area contributed by atoms with Crippen LogP contribution in [0.4, 0.5) is 29.1 Å². The highest BCUT2D eigenvalue weighted by Gasteiger charge is 2.28. The number of aromatic nitrogens is 4. The Morgan fingerprint density at radius 2 is 1.67 bits per heavy atom. The number of nitrogens with two attached hydrogens (primary N) is 1. The number of nitrogens with one attached hydrogen (secondary N) is 2. The van der Waals surface area contributed by atoms with Crippen molar-refractivity contribution in [3.63, 3.8) is 0 Å². The van der Waals surface area contributed by atoms with Crippen molar-refractivity contribution < 1.29 is 27.2 Å². The van der Waals surface area contributed by atoms with Gasteiger partial charge in [0.15, 0.2) is 11.6 Å². The molecule has 0 spiro atoms. The van der Waals surface area contributed by atoms with E-state index in [0.717, 1.165) is 0 Å². The van der Waals surface area contributed by atoms with Gasteiger partial charge in [-0.2, -0.15) is 13.2 Å². The number of hydrogen-bond acceptors (Lipinski definition) is 6. The molecule has 0 atom stereocenters. The average Bonchev–Trinajstić information content (AvgIpc) is 3.23. The van der Waals surface area contributed by atoms with Crippen molar-refractivity contribution >= 4 is 28.8 Å². The van der Waals surface area contributed by atoms with E-state index in [0.29, 0.717) is 33.6 Å². The Bertz CT molecular complexity index is 1460. The minimum Gasteiger partial charge on any atom is -0.382 e. The molecule has 4 rings (SSSR count). The lowest BCUT2D eigenvalue weighted by molar-refractivity contribution is -0.123. The van der Waals surface area contributed by atoms with Gasteiger partial charge in [0.05, 0.1) is 0 Å². The van der Waals surface area contributed by atoms with E-state index >= 15 is 0 Å². The molecule has 0 saturated carbocycles. The normalized spacial score (nSPS) is 11.3. The molecule has 2 amide bonds. The Hall–Kier alpha value is -4.81. The van der Waals surface area contributed by atoms with Crippen molar-refractivity contribution in [3.05, 3.63) is 72.8 Å². The molecule has 184 valence electrons. The van der Waals surface area contributed by atoms with Gasteiger partial charge in [-0.05, 0) is 29.8 Å². The van der Waals surface area contributed by atoms with E-state index in [1.54, 1.807) is 12.1 Å². The molecule has 2 aromatic heterocycles. The van der Waals surface area contributed by atoms with Crippen LogP contribution >= 0.6 is 0 Å². The van der Waals surface area contributed by atoms with Gasteiger partial charge in [-0.1, -0.05) is 30.8 Å². The van der Waals surface area contributed by atoms with E-state index in [9.17, 15) is 27.2 Å². The lowest BCUT2D eigenvalue weighted by Crippen LogP contribution is -2.33. The Kier molecular flexibility index (Phi) is 6.38.